The Bertz CT molecular complexity index is 658. The summed E-state index contributed by atoms with van der Waals surface area (Å²) >= 11 is 0. The average Bonchev–Trinajstić information content (AvgIpc) is 2.88. The molecule has 0 bridgehead atoms. The van der Waals surface area contributed by atoms with E-state index >= 15 is 0 Å². The second kappa shape index (κ2) is 5.60. The zero-order valence-corrected chi connectivity index (χ0v) is 12.4. The first-order valence-corrected chi connectivity index (χ1v) is 7.23. The molecule has 0 unspecified atom stereocenters. The van der Waals surface area contributed by atoms with Gasteiger partial charge in [-0.3, -0.25) is 4.79 Å². The van der Waals surface area contributed by atoms with Crippen LogP contribution < -0.4 is 9.64 Å². The van der Waals surface area contributed by atoms with Crippen molar-refractivity contribution in [2.24, 2.45) is 0 Å². The minimum Gasteiger partial charge on any atom is -0.484 e. The standard InChI is InChI=1S/C18H19NO2/c1-13-9-14(2)11-16(10-13)21-12-18(20)19-8-7-15-5-3-4-6-17(15)19/h3-6,9-11H,7-8,12H2,1-2H3. The number of aryl methyl sites for hydroxylation is 2. The van der Waals surface area contributed by atoms with Crippen LogP contribution in [-0.4, -0.2) is 19.1 Å². The van der Waals surface area contributed by atoms with Crippen molar-refractivity contribution >= 4 is 11.6 Å². The van der Waals surface area contributed by atoms with Crippen LogP contribution in [0.5, 0.6) is 5.75 Å². The summed E-state index contributed by atoms with van der Waals surface area (Å²) in [5.41, 5.74) is 4.54. The predicted molar refractivity (Wildman–Crippen MR) is 83.9 cm³/mol. The maximum atomic E-state index is 12.4. The van der Waals surface area contributed by atoms with E-state index in [0.717, 1.165) is 35.5 Å². The Morgan fingerprint density at radius 2 is 1.86 bits per heavy atom. The van der Waals surface area contributed by atoms with Gasteiger partial charge in [-0.25, -0.2) is 0 Å². The Morgan fingerprint density at radius 3 is 2.62 bits per heavy atom. The lowest BCUT2D eigenvalue weighted by Gasteiger charge is -2.17. The number of nitrogens with zero attached hydrogens (tertiary/aromatic N) is 1. The second-order valence-electron chi connectivity index (χ2n) is 5.54. The topological polar surface area (TPSA) is 29.5 Å². The Hall–Kier alpha value is -2.29. The normalized spacial score (nSPS) is 13.1. The molecule has 0 aromatic heterocycles. The van der Waals surface area contributed by atoms with Gasteiger partial charge in [0, 0.05) is 12.2 Å². The third-order valence-corrected chi connectivity index (χ3v) is 3.75. The summed E-state index contributed by atoms with van der Waals surface area (Å²) in [5.74, 6) is 0.771. The van der Waals surface area contributed by atoms with Crippen molar-refractivity contribution in [1.82, 2.24) is 0 Å². The maximum Gasteiger partial charge on any atom is 0.264 e. The van der Waals surface area contributed by atoms with Crippen molar-refractivity contribution < 1.29 is 9.53 Å². The van der Waals surface area contributed by atoms with Crippen molar-refractivity contribution in [3.05, 3.63) is 59.2 Å². The van der Waals surface area contributed by atoms with E-state index in [1.165, 1.54) is 5.56 Å². The lowest BCUT2D eigenvalue weighted by Crippen LogP contribution is -2.33. The van der Waals surface area contributed by atoms with Crippen molar-refractivity contribution in [3.8, 4) is 5.75 Å². The van der Waals surface area contributed by atoms with E-state index in [9.17, 15) is 4.79 Å². The molecule has 0 saturated heterocycles. The summed E-state index contributed by atoms with van der Waals surface area (Å²) in [5, 5.41) is 0. The van der Waals surface area contributed by atoms with Crippen LogP contribution in [0.4, 0.5) is 5.69 Å². The molecule has 0 aliphatic carbocycles. The van der Waals surface area contributed by atoms with E-state index in [1.807, 2.05) is 49.1 Å². The molecular formula is C18H19NO2. The molecule has 1 heterocycles. The molecule has 2 aromatic rings. The zero-order chi connectivity index (χ0) is 14.8. The highest BCUT2D eigenvalue weighted by Crippen LogP contribution is 2.27. The molecule has 0 spiro atoms. The highest BCUT2D eigenvalue weighted by molar-refractivity contribution is 5.96. The molecule has 0 fully saturated rings. The first-order chi connectivity index (χ1) is 10.1. The van der Waals surface area contributed by atoms with Crippen LogP contribution >= 0.6 is 0 Å². The van der Waals surface area contributed by atoms with Crippen LogP contribution in [0.1, 0.15) is 16.7 Å². The molecule has 108 valence electrons. The molecule has 0 radical (unpaired) electrons. The number of anilines is 1. The lowest BCUT2D eigenvalue weighted by atomic mass is 10.1. The average molecular weight is 281 g/mol. The molecule has 3 rings (SSSR count). The highest BCUT2D eigenvalue weighted by atomic mass is 16.5. The molecule has 3 nitrogen and oxygen atoms in total. The Kier molecular flexibility index (Phi) is 3.65. The molecule has 0 saturated carbocycles. The SMILES string of the molecule is Cc1cc(C)cc(OCC(=O)N2CCc3ccccc32)c1. The van der Waals surface area contributed by atoms with Crippen molar-refractivity contribution in [2.45, 2.75) is 20.3 Å². The molecule has 0 N–H and O–H groups in total. The predicted octanol–water partition coefficient (Wildman–Crippen LogP) is 3.27. The number of hydrogen-bond acceptors (Lipinski definition) is 2. The smallest absolute Gasteiger partial charge is 0.264 e. The molecule has 1 amide bonds. The van der Waals surface area contributed by atoms with Crippen molar-refractivity contribution in [3.63, 3.8) is 0 Å². The Labute approximate surface area is 125 Å². The maximum absolute atomic E-state index is 12.4. The van der Waals surface area contributed by atoms with E-state index in [1.54, 1.807) is 0 Å². The van der Waals surface area contributed by atoms with Gasteiger partial charge in [0.05, 0.1) is 0 Å². The number of carbonyl (C=O) groups excluding carboxylic acids is 1. The van der Waals surface area contributed by atoms with Gasteiger partial charge in [0.15, 0.2) is 6.61 Å². The largest absolute Gasteiger partial charge is 0.484 e. The van der Waals surface area contributed by atoms with Gasteiger partial charge in [0.1, 0.15) is 5.75 Å². The molecule has 1 aliphatic rings. The number of benzene rings is 2. The fourth-order valence-corrected chi connectivity index (χ4v) is 2.84. The van der Waals surface area contributed by atoms with Crippen molar-refractivity contribution in [1.29, 1.82) is 0 Å². The first-order valence-electron chi connectivity index (χ1n) is 7.23. The van der Waals surface area contributed by atoms with Crippen LogP contribution in [0.2, 0.25) is 0 Å². The molecule has 1 aliphatic heterocycles. The van der Waals surface area contributed by atoms with Gasteiger partial charge < -0.3 is 9.64 Å². The number of ether oxygens (including phenoxy) is 1. The summed E-state index contributed by atoms with van der Waals surface area (Å²) in [6.45, 7) is 4.88. The number of hydrogen-bond donors (Lipinski definition) is 0. The number of carbonyl (C=O) groups is 1. The quantitative estimate of drug-likeness (QED) is 0.864. The summed E-state index contributed by atoms with van der Waals surface area (Å²) in [6, 6.07) is 14.1. The van der Waals surface area contributed by atoms with Crippen LogP contribution in [0.25, 0.3) is 0 Å². The number of amides is 1. The summed E-state index contributed by atoms with van der Waals surface area (Å²) in [7, 11) is 0. The molecule has 0 atom stereocenters. The fourth-order valence-electron chi connectivity index (χ4n) is 2.84. The number of para-hydroxylation sites is 1. The van der Waals surface area contributed by atoms with E-state index in [4.69, 9.17) is 4.74 Å². The van der Waals surface area contributed by atoms with Gasteiger partial charge >= 0.3 is 0 Å². The zero-order valence-electron chi connectivity index (χ0n) is 12.4. The van der Waals surface area contributed by atoms with Crippen molar-refractivity contribution in [2.75, 3.05) is 18.1 Å². The minimum atomic E-state index is 0.0131. The number of fused-ring (bicyclic) bond motifs is 1. The van der Waals surface area contributed by atoms with E-state index < -0.39 is 0 Å². The Morgan fingerprint density at radius 1 is 1.14 bits per heavy atom. The summed E-state index contributed by atoms with van der Waals surface area (Å²) < 4.78 is 5.67. The Balaban J connectivity index is 1.68. The van der Waals surface area contributed by atoms with Crippen LogP contribution in [-0.2, 0) is 11.2 Å². The van der Waals surface area contributed by atoms with Gasteiger partial charge in [-0.1, -0.05) is 24.3 Å². The summed E-state index contributed by atoms with van der Waals surface area (Å²) in [6.07, 6.45) is 0.922. The third kappa shape index (κ3) is 2.92. The van der Waals surface area contributed by atoms with Gasteiger partial charge in [-0.2, -0.15) is 0 Å². The molecule has 2 aromatic carbocycles. The van der Waals surface area contributed by atoms with Gasteiger partial charge in [-0.15, -0.1) is 0 Å². The lowest BCUT2D eigenvalue weighted by molar-refractivity contribution is -0.120. The third-order valence-electron chi connectivity index (χ3n) is 3.75. The molecule has 3 heteroatoms. The summed E-state index contributed by atoms with van der Waals surface area (Å²) in [4.78, 5) is 14.2. The molecule has 21 heavy (non-hydrogen) atoms. The highest BCUT2D eigenvalue weighted by Gasteiger charge is 2.24. The fraction of sp³-hybridized carbons (Fsp3) is 0.278. The van der Waals surface area contributed by atoms with Crippen LogP contribution in [0.3, 0.4) is 0 Å². The van der Waals surface area contributed by atoms with E-state index in [0.29, 0.717) is 0 Å². The van der Waals surface area contributed by atoms with E-state index in [2.05, 4.69) is 12.1 Å². The van der Waals surface area contributed by atoms with Gasteiger partial charge in [0.25, 0.3) is 5.91 Å². The van der Waals surface area contributed by atoms with Gasteiger partial charge in [0.2, 0.25) is 0 Å². The monoisotopic (exact) mass is 281 g/mol. The van der Waals surface area contributed by atoms with Crippen LogP contribution in [0.15, 0.2) is 42.5 Å². The second-order valence-corrected chi connectivity index (χ2v) is 5.54. The van der Waals surface area contributed by atoms with E-state index in [-0.39, 0.29) is 12.5 Å². The molecular weight excluding hydrogens is 262 g/mol. The minimum absolute atomic E-state index is 0.0131. The first kappa shape index (κ1) is 13.7. The van der Waals surface area contributed by atoms with Gasteiger partial charge in [-0.05, 0) is 55.2 Å². The van der Waals surface area contributed by atoms with Crippen LogP contribution in [0, 0.1) is 13.8 Å². The number of rotatable bonds is 3.